The molecule has 36 heavy (non-hydrogen) atoms. The van der Waals surface area contributed by atoms with Gasteiger partial charge in [0.1, 0.15) is 0 Å². The van der Waals surface area contributed by atoms with E-state index in [2.05, 4.69) is 53.5 Å². The van der Waals surface area contributed by atoms with Crippen LogP contribution in [0.5, 0.6) is 0 Å². The van der Waals surface area contributed by atoms with Crippen LogP contribution in [0.4, 0.5) is 13.2 Å². The Kier molecular flexibility index (Phi) is 7.52. The largest absolute Gasteiger partial charge is 0.490 e. The Balaban J connectivity index is 0.000000384. The maximum atomic E-state index is 13.7. The summed E-state index contributed by atoms with van der Waals surface area (Å²) in [7, 11) is 0. The van der Waals surface area contributed by atoms with Gasteiger partial charge in [0.25, 0.3) is 0 Å². The number of halogens is 3. The van der Waals surface area contributed by atoms with Gasteiger partial charge in [-0.2, -0.15) is 13.2 Å². The smallest absolute Gasteiger partial charge is 0.475 e. The van der Waals surface area contributed by atoms with E-state index in [0.717, 1.165) is 50.8 Å². The van der Waals surface area contributed by atoms with Gasteiger partial charge in [0.2, 0.25) is 5.91 Å². The summed E-state index contributed by atoms with van der Waals surface area (Å²) in [5, 5.41) is 7.12. The quantitative estimate of drug-likeness (QED) is 0.591. The minimum absolute atomic E-state index is 0.195. The number of nitrogens with zero attached hydrogens (tertiary/aromatic N) is 4. The molecule has 0 radical (unpaired) electrons. The standard InChI is InChI=1S/C23H32N4OS.C2HF3O2/c1-16(2)27-13-21(24-15-27)20-12-25(11-19-7-4-17(3)29-19)14-23(20)8-9-26(22(23)28)10-18-5-6-18;3-2(4,5)1(6)7/h4,7,13,15-16,18,20H,5-6,8-12,14H2,1-3H3;(H,6,7). The first-order valence-electron chi connectivity index (χ1n) is 12.3. The zero-order valence-electron chi connectivity index (χ0n) is 20.8. The number of imidazole rings is 1. The molecule has 1 N–H and O–H groups in total. The zero-order chi connectivity index (χ0) is 26.3. The Morgan fingerprint density at radius 1 is 1.31 bits per heavy atom. The van der Waals surface area contributed by atoms with Gasteiger partial charge in [-0.1, -0.05) is 0 Å². The Bertz CT molecular complexity index is 1090. The molecule has 2 atom stereocenters. The lowest BCUT2D eigenvalue weighted by Crippen LogP contribution is -2.40. The third-order valence-electron chi connectivity index (χ3n) is 7.32. The summed E-state index contributed by atoms with van der Waals surface area (Å²) in [5.41, 5.74) is 0.808. The van der Waals surface area contributed by atoms with Crippen molar-refractivity contribution < 1.29 is 27.9 Å². The molecule has 5 rings (SSSR count). The average molecular weight is 527 g/mol. The van der Waals surface area contributed by atoms with Crippen molar-refractivity contribution in [1.29, 1.82) is 0 Å². The minimum atomic E-state index is -5.08. The summed E-state index contributed by atoms with van der Waals surface area (Å²) in [6, 6.07) is 4.83. The SMILES string of the molecule is Cc1ccc(CN2CC(c3cn(C(C)C)cn3)C3(CCN(CC4CC4)C3=O)C2)s1.O=C(O)C(F)(F)F. The highest BCUT2D eigenvalue weighted by atomic mass is 32.1. The number of likely N-dealkylation sites (tertiary alicyclic amines) is 2. The lowest BCUT2D eigenvalue weighted by Gasteiger charge is -2.28. The molecule has 1 aliphatic carbocycles. The second kappa shape index (κ2) is 10.2. The molecule has 2 aromatic heterocycles. The number of aromatic nitrogens is 2. The van der Waals surface area contributed by atoms with Crippen molar-refractivity contribution in [2.24, 2.45) is 11.3 Å². The predicted octanol–water partition coefficient (Wildman–Crippen LogP) is 4.70. The van der Waals surface area contributed by atoms with E-state index in [0.29, 0.717) is 11.9 Å². The second-order valence-electron chi connectivity index (χ2n) is 10.5. The summed E-state index contributed by atoms with van der Waals surface area (Å²) >= 11 is 1.87. The van der Waals surface area contributed by atoms with Gasteiger partial charge < -0.3 is 14.6 Å². The molecule has 1 saturated carbocycles. The van der Waals surface area contributed by atoms with Crippen molar-refractivity contribution in [2.45, 2.75) is 64.7 Å². The van der Waals surface area contributed by atoms with Crippen LogP contribution >= 0.6 is 11.3 Å². The van der Waals surface area contributed by atoms with Crippen LogP contribution in [0.1, 0.15) is 60.5 Å². The fraction of sp³-hybridized carbons (Fsp3) is 0.640. The van der Waals surface area contributed by atoms with Gasteiger partial charge in [-0.25, -0.2) is 9.78 Å². The molecule has 0 aromatic carbocycles. The van der Waals surface area contributed by atoms with Crippen molar-refractivity contribution >= 4 is 23.2 Å². The number of rotatable bonds is 6. The molecule has 3 aliphatic rings. The average Bonchev–Trinajstić information content (AvgIpc) is 3.12. The molecule has 1 amide bonds. The van der Waals surface area contributed by atoms with E-state index in [9.17, 15) is 18.0 Å². The van der Waals surface area contributed by atoms with Crippen LogP contribution in [0, 0.1) is 18.3 Å². The van der Waals surface area contributed by atoms with Crippen molar-refractivity contribution in [1.82, 2.24) is 19.4 Å². The van der Waals surface area contributed by atoms with Crippen LogP contribution in [0.3, 0.4) is 0 Å². The van der Waals surface area contributed by atoms with Gasteiger partial charge in [-0.05, 0) is 58.1 Å². The number of amides is 1. The first kappa shape index (κ1) is 26.7. The predicted molar refractivity (Wildman–Crippen MR) is 130 cm³/mol. The van der Waals surface area contributed by atoms with Gasteiger partial charge in [0, 0.05) is 60.6 Å². The third kappa shape index (κ3) is 5.77. The fourth-order valence-electron chi connectivity index (χ4n) is 5.22. The molecule has 1 spiro atoms. The van der Waals surface area contributed by atoms with Crippen molar-refractivity contribution in [2.75, 3.05) is 26.2 Å². The molecule has 7 nitrogen and oxygen atoms in total. The molecule has 11 heteroatoms. The molecule has 2 saturated heterocycles. The molecule has 2 aromatic rings. The third-order valence-corrected chi connectivity index (χ3v) is 8.31. The molecular formula is C25H33F3N4O3S. The topological polar surface area (TPSA) is 78.7 Å². The van der Waals surface area contributed by atoms with Gasteiger partial charge in [-0.15, -0.1) is 11.3 Å². The zero-order valence-corrected chi connectivity index (χ0v) is 21.6. The lowest BCUT2D eigenvalue weighted by molar-refractivity contribution is -0.192. The lowest BCUT2D eigenvalue weighted by atomic mass is 9.75. The summed E-state index contributed by atoms with van der Waals surface area (Å²) in [6.45, 7) is 11.1. The van der Waals surface area contributed by atoms with Gasteiger partial charge >= 0.3 is 12.1 Å². The van der Waals surface area contributed by atoms with Crippen molar-refractivity contribution in [3.05, 3.63) is 40.1 Å². The summed E-state index contributed by atoms with van der Waals surface area (Å²) < 4.78 is 33.9. The number of thiophene rings is 1. The van der Waals surface area contributed by atoms with Gasteiger partial charge in [0.15, 0.2) is 0 Å². The number of carbonyl (C=O) groups is 2. The second-order valence-corrected chi connectivity index (χ2v) is 11.9. The number of hydrogen-bond donors (Lipinski definition) is 1. The van der Waals surface area contributed by atoms with E-state index in [1.165, 1.54) is 22.6 Å². The number of alkyl halides is 3. The number of carboxylic acid groups (broad SMARTS) is 1. The van der Waals surface area contributed by atoms with Gasteiger partial charge in [0.05, 0.1) is 17.4 Å². The van der Waals surface area contributed by atoms with E-state index < -0.39 is 12.1 Å². The van der Waals surface area contributed by atoms with E-state index in [1.54, 1.807) is 0 Å². The molecule has 0 bridgehead atoms. The van der Waals surface area contributed by atoms with Crippen molar-refractivity contribution in [3.8, 4) is 0 Å². The van der Waals surface area contributed by atoms with Crippen molar-refractivity contribution in [3.63, 3.8) is 0 Å². The molecule has 4 heterocycles. The first-order chi connectivity index (χ1) is 16.9. The number of carboxylic acids is 1. The monoisotopic (exact) mass is 526 g/mol. The normalized spacial score (nSPS) is 24.6. The Morgan fingerprint density at radius 2 is 2.00 bits per heavy atom. The van der Waals surface area contributed by atoms with Crippen LogP contribution in [-0.4, -0.2) is 68.7 Å². The maximum absolute atomic E-state index is 13.7. The Hall–Kier alpha value is -2.40. The maximum Gasteiger partial charge on any atom is 0.490 e. The highest BCUT2D eigenvalue weighted by Gasteiger charge is 2.58. The van der Waals surface area contributed by atoms with Crippen LogP contribution in [0.25, 0.3) is 0 Å². The van der Waals surface area contributed by atoms with E-state index in [1.807, 2.05) is 17.7 Å². The molecule has 3 fully saturated rings. The molecule has 2 aliphatic heterocycles. The van der Waals surface area contributed by atoms with Gasteiger partial charge in [-0.3, -0.25) is 9.69 Å². The molecule has 2 unspecified atom stereocenters. The highest BCUT2D eigenvalue weighted by Crippen LogP contribution is 2.50. The van der Waals surface area contributed by atoms with E-state index >= 15 is 0 Å². The number of hydrogen-bond acceptors (Lipinski definition) is 5. The Morgan fingerprint density at radius 3 is 2.53 bits per heavy atom. The summed E-state index contributed by atoms with van der Waals surface area (Å²) in [6.07, 6.45) is 2.61. The van der Waals surface area contributed by atoms with E-state index in [4.69, 9.17) is 14.9 Å². The van der Waals surface area contributed by atoms with Crippen LogP contribution in [0.2, 0.25) is 0 Å². The first-order valence-corrected chi connectivity index (χ1v) is 13.1. The highest BCUT2D eigenvalue weighted by molar-refractivity contribution is 7.11. The summed E-state index contributed by atoms with van der Waals surface area (Å²) in [4.78, 5) is 34.8. The number of carbonyl (C=O) groups excluding carboxylic acids is 1. The van der Waals surface area contributed by atoms with Crippen LogP contribution in [0.15, 0.2) is 24.7 Å². The number of aryl methyl sites for hydroxylation is 1. The van der Waals surface area contributed by atoms with Crippen LogP contribution < -0.4 is 0 Å². The van der Waals surface area contributed by atoms with Crippen LogP contribution in [-0.2, 0) is 16.1 Å². The van der Waals surface area contributed by atoms with E-state index in [-0.39, 0.29) is 11.3 Å². The summed E-state index contributed by atoms with van der Waals surface area (Å²) in [5.74, 6) is -1.43. The molecule has 198 valence electrons. The number of aliphatic carboxylic acids is 1. The fourth-order valence-corrected chi connectivity index (χ4v) is 6.16. The minimum Gasteiger partial charge on any atom is -0.475 e. The molecular weight excluding hydrogens is 493 g/mol. The Labute approximate surface area is 212 Å².